The molecule has 1 aromatic carbocycles. The van der Waals surface area contributed by atoms with Gasteiger partial charge in [0.05, 0.1) is 5.02 Å². The van der Waals surface area contributed by atoms with E-state index in [4.69, 9.17) is 17.3 Å². The van der Waals surface area contributed by atoms with Crippen LogP contribution < -0.4 is 5.73 Å². The molecule has 0 spiro atoms. The SMILES string of the molecule is CCCC(C)(CN)Cc1ccc(F)c(Cl)c1. The van der Waals surface area contributed by atoms with Crippen LogP contribution in [0.4, 0.5) is 4.39 Å². The van der Waals surface area contributed by atoms with E-state index < -0.39 is 0 Å². The lowest BCUT2D eigenvalue weighted by Gasteiger charge is -2.27. The topological polar surface area (TPSA) is 26.0 Å². The maximum Gasteiger partial charge on any atom is 0.141 e. The molecule has 0 fully saturated rings. The maximum absolute atomic E-state index is 13.0. The number of nitrogens with two attached hydrogens (primary N) is 1. The zero-order chi connectivity index (χ0) is 12.2. The zero-order valence-electron chi connectivity index (χ0n) is 9.89. The van der Waals surface area contributed by atoms with Gasteiger partial charge in [-0.2, -0.15) is 0 Å². The highest BCUT2D eigenvalue weighted by atomic mass is 35.5. The maximum atomic E-state index is 13.0. The van der Waals surface area contributed by atoms with E-state index in [0.29, 0.717) is 6.54 Å². The Labute approximate surface area is 102 Å². The molecule has 2 N–H and O–H groups in total. The monoisotopic (exact) mass is 243 g/mol. The van der Waals surface area contributed by atoms with Crippen molar-refractivity contribution in [3.63, 3.8) is 0 Å². The van der Waals surface area contributed by atoms with E-state index in [-0.39, 0.29) is 16.3 Å². The van der Waals surface area contributed by atoms with Crippen molar-refractivity contribution in [2.24, 2.45) is 11.1 Å². The summed E-state index contributed by atoms with van der Waals surface area (Å²) in [6.45, 7) is 4.94. The predicted octanol–water partition coefficient (Wildman–Crippen LogP) is 3.79. The fraction of sp³-hybridized carbons (Fsp3) is 0.538. The third-order valence-corrected chi connectivity index (χ3v) is 3.25. The highest BCUT2D eigenvalue weighted by Crippen LogP contribution is 2.28. The van der Waals surface area contributed by atoms with Gasteiger partial charge in [0, 0.05) is 0 Å². The largest absolute Gasteiger partial charge is 0.330 e. The van der Waals surface area contributed by atoms with Crippen molar-refractivity contribution in [3.05, 3.63) is 34.6 Å². The fourth-order valence-corrected chi connectivity index (χ4v) is 2.21. The average molecular weight is 244 g/mol. The first-order chi connectivity index (χ1) is 7.50. The number of rotatable bonds is 5. The Bertz CT molecular complexity index is 354. The first-order valence-corrected chi connectivity index (χ1v) is 6.02. The molecular weight excluding hydrogens is 225 g/mol. The molecule has 0 radical (unpaired) electrons. The number of hydrogen-bond donors (Lipinski definition) is 1. The Morgan fingerprint density at radius 1 is 1.44 bits per heavy atom. The fourth-order valence-electron chi connectivity index (χ4n) is 2.01. The highest BCUT2D eigenvalue weighted by Gasteiger charge is 2.22. The lowest BCUT2D eigenvalue weighted by atomic mass is 9.80. The minimum Gasteiger partial charge on any atom is -0.330 e. The van der Waals surface area contributed by atoms with Crippen molar-refractivity contribution in [3.8, 4) is 0 Å². The van der Waals surface area contributed by atoms with Crippen molar-refractivity contribution < 1.29 is 4.39 Å². The van der Waals surface area contributed by atoms with Gasteiger partial charge in [0.1, 0.15) is 5.82 Å². The summed E-state index contributed by atoms with van der Waals surface area (Å²) in [6, 6.07) is 4.89. The van der Waals surface area contributed by atoms with Crippen LogP contribution in [0.25, 0.3) is 0 Å². The lowest BCUT2D eigenvalue weighted by Crippen LogP contribution is -2.29. The van der Waals surface area contributed by atoms with Gasteiger partial charge in [-0.1, -0.05) is 37.9 Å². The van der Waals surface area contributed by atoms with Crippen LogP contribution in [0.15, 0.2) is 18.2 Å². The van der Waals surface area contributed by atoms with Crippen LogP contribution in [0.3, 0.4) is 0 Å². The van der Waals surface area contributed by atoms with Crippen molar-refractivity contribution in [2.45, 2.75) is 33.1 Å². The predicted molar refractivity (Wildman–Crippen MR) is 67.2 cm³/mol. The van der Waals surface area contributed by atoms with Gasteiger partial charge in [-0.3, -0.25) is 0 Å². The standard InChI is InChI=1S/C13H19ClFN/c1-3-6-13(2,9-16)8-10-4-5-12(15)11(14)7-10/h4-5,7H,3,6,8-9,16H2,1-2H3. The molecule has 0 bridgehead atoms. The van der Waals surface area contributed by atoms with E-state index in [1.54, 1.807) is 12.1 Å². The molecule has 1 rings (SSSR count). The van der Waals surface area contributed by atoms with Gasteiger partial charge in [-0.05, 0) is 42.5 Å². The number of hydrogen-bond acceptors (Lipinski definition) is 1. The van der Waals surface area contributed by atoms with Crippen molar-refractivity contribution in [2.75, 3.05) is 6.54 Å². The molecule has 0 aliphatic carbocycles. The highest BCUT2D eigenvalue weighted by molar-refractivity contribution is 6.30. The van der Waals surface area contributed by atoms with Crippen LogP contribution in [-0.2, 0) is 6.42 Å². The molecule has 1 aromatic rings. The molecule has 0 aromatic heterocycles. The summed E-state index contributed by atoms with van der Waals surface area (Å²) in [5.74, 6) is -0.365. The molecule has 0 saturated heterocycles. The van der Waals surface area contributed by atoms with Gasteiger partial charge < -0.3 is 5.73 Å². The van der Waals surface area contributed by atoms with Crippen LogP contribution in [0.5, 0.6) is 0 Å². The molecule has 0 aliphatic heterocycles. The van der Waals surface area contributed by atoms with Crippen LogP contribution in [0.1, 0.15) is 32.3 Å². The second-order valence-electron chi connectivity index (χ2n) is 4.69. The first kappa shape index (κ1) is 13.5. The summed E-state index contributed by atoms with van der Waals surface area (Å²) in [5.41, 5.74) is 6.93. The summed E-state index contributed by atoms with van der Waals surface area (Å²) in [5, 5.41) is 0.188. The van der Waals surface area contributed by atoms with Gasteiger partial charge in [0.2, 0.25) is 0 Å². The summed E-state index contributed by atoms with van der Waals surface area (Å²) < 4.78 is 13.0. The Hall–Kier alpha value is -0.600. The molecule has 0 amide bonds. The third-order valence-electron chi connectivity index (χ3n) is 2.96. The molecule has 1 nitrogen and oxygen atoms in total. The second kappa shape index (κ2) is 5.65. The molecule has 3 heteroatoms. The van der Waals surface area contributed by atoms with Gasteiger partial charge in [-0.15, -0.1) is 0 Å². The molecular formula is C13H19ClFN. The van der Waals surface area contributed by atoms with Gasteiger partial charge in [0.15, 0.2) is 0 Å². The summed E-state index contributed by atoms with van der Waals surface area (Å²) in [6.07, 6.45) is 3.01. The smallest absolute Gasteiger partial charge is 0.141 e. The van der Waals surface area contributed by atoms with Gasteiger partial charge >= 0.3 is 0 Å². The molecule has 0 aliphatic rings. The van der Waals surface area contributed by atoms with E-state index in [0.717, 1.165) is 24.8 Å². The summed E-state index contributed by atoms with van der Waals surface area (Å²) in [7, 11) is 0. The van der Waals surface area contributed by atoms with Crippen LogP contribution in [0, 0.1) is 11.2 Å². The average Bonchev–Trinajstić information content (AvgIpc) is 2.24. The Morgan fingerprint density at radius 3 is 2.62 bits per heavy atom. The molecule has 90 valence electrons. The number of benzene rings is 1. The summed E-state index contributed by atoms with van der Waals surface area (Å²) in [4.78, 5) is 0. The van der Waals surface area contributed by atoms with E-state index in [1.165, 1.54) is 6.07 Å². The molecule has 16 heavy (non-hydrogen) atoms. The molecule has 0 heterocycles. The third kappa shape index (κ3) is 3.46. The van der Waals surface area contributed by atoms with Crippen molar-refractivity contribution in [1.29, 1.82) is 0 Å². The van der Waals surface area contributed by atoms with E-state index >= 15 is 0 Å². The normalized spacial score (nSPS) is 14.8. The minimum atomic E-state index is -0.365. The zero-order valence-corrected chi connectivity index (χ0v) is 10.6. The van der Waals surface area contributed by atoms with Crippen LogP contribution in [-0.4, -0.2) is 6.54 Å². The molecule has 1 atom stereocenters. The second-order valence-corrected chi connectivity index (χ2v) is 5.10. The van der Waals surface area contributed by atoms with E-state index in [2.05, 4.69) is 13.8 Å². The van der Waals surface area contributed by atoms with Crippen LogP contribution >= 0.6 is 11.6 Å². The molecule has 1 unspecified atom stereocenters. The number of halogens is 2. The molecule has 0 saturated carbocycles. The Balaban J connectivity index is 2.81. The Kier molecular flexibility index (Phi) is 4.75. The lowest BCUT2D eigenvalue weighted by molar-refractivity contribution is 0.302. The Morgan fingerprint density at radius 2 is 2.12 bits per heavy atom. The van der Waals surface area contributed by atoms with Crippen molar-refractivity contribution >= 4 is 11.6 Å². The van der Waals surface area contributed by atoms with E-state index in [9.17, 15) is 4.39 Å². The van der Waals surface area contributed by atoms with E-state index in [1.807, 2.05) is 0 Å². The van der Waals surface area contributed by atoms with Crippen molar-refractivity contribution in [1.82, 2.24) is 0 Å². The first-order valence-electron chi connectivity index (χ1n) is 5.65. The van der Waals surface area contributed by atoms with Gasteiger partial charge in [0.25, 0.3) is 0 Å². The van der Waals surface area contributed by atoms with Gasteiger partial charge in [-0.25, -0.2) is 4.39 Å². The minimum absolute atomic E-state index is 0.0793. The van der Waals surface area contributed by atoms with Crippen LogP contribution in [0.2, 0.25) is 5.02 Å². The quantitative estimate of drug-likeness (QED) is 0.837. The summed E-state index contributed by atoms with van der Waals surface area (Å²) >= 11 is 5.76.